The first-order valence-electron chi connectivity index (χ1n) is 9.65. The Bertz CT molecular complexity index is 1040. The van der Waals surface area contributed by atoms with Crippen LogP contribution in [0.3, 0.4) is 0 Å². The molecule has 1 heterocycles. The van der Waals surface area contributed by atoms with Gasteiger partial charge < -0.3 is 19.8 Å². The molecule has 0 aliphatic rings. The number of furan rings is 1. The maximum absolute atomic E-state index is 12.2. The first-order chi connectivity index (χ1) is 14.3. The van der Waals surface area contributed by atoms with Crippen LogP contribution in [0.5, 0.6) is 0 Å². The average molecular weight is 408 g/mol. The minimum atomic E-state index is -0.890. The summed E-state index contributed by atoms with van der Waals surface area (Å²) in [5.41, 5.74) is 2.12. The van der Waals surface area contributed by atoms with Crippen LogP contribution in [0.15, 0.2) is 59.0 Å². The molecule has 2 N–H and O–H groups in total. The van der Waals surface area contributed by atoms with Crippen LogP contribution in [-0.4, -0.2) is 30.4 Å². The number of hydrogen-bond donors (Lipinski definition) is 2. The Morgan fingerprint density at radius 1 is 1.00 bits per heavy atom. The van der Waals surface area contributed by atoms with E-state index in [4.69, 9.17) is 9.15 Å². The zero-order chi connectivity index (χ0) is 21.7. The molecule has 7 heteroatoms. The van der Waals surface area contributed by atoms with Gasteiger partial charge in [0, 0.05) is 10.9 Å². The number of para-hydroxylation sites is 1. The first kappa shape index (κ1) is 21.1. The molecule has 0 aliphatic carbocycles. The van der Waals surface area contributed by atoms with Crippen molar-refractivity contribution in [1.29, 1.82) is 0 Å². The van der Waals surface area contributed by atoms with Crippen molar-refractivity contribution in [2.75, 3.05) is 6.61 Å². The standard InChI is InChI=1S/C23H24N2O5/c1-14-7-6-9-18(11-14)22(27)25-16(3)23(28)29-13-21(26)24-15(2)20-12-17-8-4-5-10-19(17)30-20/h4-12,15-16H,13H2,1-3H3,(H,24,26)(H,25,27)/t15-,16+/m1/s1. The van der Waals surface area contributed by atoms with Crippen molar-refractivity contribution in [2.24, 2.45) is 0 Å². The summed E-state index contributed by atoms with van der Waals surface area (Å²) >= 11 is 0. The summed E-state index contributed by atoms with van der Waals surface area (Å²) in [5.74, 6) is -0.933. The molecule has 2 aromatic carbocycles. The molecule has 3 aromatic rings. The lowest BCUT2D eigenvalue weighted by molar-refractivity contribution is -0.150. The number of aryl methyl sites for hydroxylation is 1. The van der Waals surface area contributed by atoms with Gasteiger partial charge in [-0.25, -0.2) is 4.79 Å². The lowest BCUT2D eigenvalue weighted by Crippen LogP contribution is -2.41. The number of carbonyl (C=O) groups excluding carboxylic acids is 3. The second-order valence-corrected chi connectivity index (χ2v) is 7.15. The van der Waals surface area contributed by atoms with Crippen LogP contribution in [0.1, 0.15) is 41.6 Å². The number of rotatable bonds is 7. The monoisotopic (exact) mass is 408 g/mol. The van der Waals surface area contributed by atoms with Gasteiger partial charge in [-0.2, -0.15) is 0 Å². The van der Waals surface area contributed by atoms with Crippen molar-refractivity contribution in [3.8, 4) is 0 Å². The predicted molar refractivity (Wildman–Crippen MR) is 112 cm³/mol. The van der Waals surface area contributed by atoms with E-state index in [0.717, 1.165) is 16.5 Å². The lowest BCUT2D eigenvalue weighted by atomic mass is 10.1. The summed E-state index contributed by atoms with van der Waals surface area (Å²) in [5, 5.41) is 6.24. The summed E-state index contributed by atoms with van der Waals surface area (Å²) in [6, 6.07) is 15.1. The highest BCUT2D eigenvalue weighted by atomic mass is 16.5. The SMILES string of the molecule is Cc1cccc(C(=O)N[C@@H](C)C(=O)OCC(=O)N[C@H](C)c2cc3ccccc3o2)c1. The fraction of sp³-hybridized carbons (Fsp3) is 0.261. The van der Waals surface area contributed by atoms with Crippen LogP contribution in [0.4, 0.5) is 0 Å². The van der Waals surface area contributed by atoms with Gasteiger partial charge in [-0.05, 0) is 45.0 Å². The number of nitrogens with one attached hydrogen (secondary N) is 2. The highest BCUT2D eigenvalue weighted by Gasteiger charge is 2.20. The quantitative estimate of drug-likeness (QED) is 0.585. The highest BCUT2D eigenvalue weighted by molar-refractivity contribution is 5.97. The summed E-state index contributed by atoms with van der Waals surface area (Å²) in [6.45, 7) is 4.71. The van der Waals surface area contributed by atoms with Crippen LogP contribution in [0, 0.1) is 6.92 Å². The molecule has 7 nitrogen and oxygen atoms in total. The zero-order valence-electron chi connectivity index (χ0n) is 17.1. The number of benzene rings is 2. The van der Waals surface area contributed by atoms with Crippen LogP contribution in [0.25, 0.3) is 11.0 Å². The number of amides is 2. The van der Waals surface area contributed by atoms with E-state index in [1.807, 2.05) is 43.3 Å². The Hall–Kier alpha value is -3.61. The Morgan fingerprint density at radius 3 is 2.50 bits per heavy atom. The molecule has 0 aliphatic heterocycles. The molecule has 2 amide bonds. The van der Waals surface area contributed by atoms with E-state index in [0.29, 0.717) is 11.3 Å². The van der Waals surface area contributed by atoms with E-state index in [1.54, 1.807) is 25.1 Å². The summed E-state index contributed by atoms with van der Waals surface area (Å²) < 4.78 is 10.7. The fourth-order valence-electron chi connectivity index (χ4n) is 2.96. The van der Waals surface area contributed by atoms with Crippen LogP contribution in [0.2, 0.25) is 0 Å². The van der Waals surface area contributed by atoms with E-state index in [-0.39, 0.29) is 11.9 Å². The second kappa shape index (κ2) is 9.26. The molecule has 0 unspecified atom stereocenters. The summed E-state index contributed by atoms with van der Waals surface area (Å²) in [6.07, 6.45) is 0. The third-order valence-corrected chi connectivity index (χ3v) is 4.58. The van der Waals surface area contributed by atoms with Crippen molar-refractivity contribution in [1.82, 2.24) is 10.6 Å². The van der Waals surface area contributed by atoms with Gasteiger partial charge in [0.25, 0.3) is 11.8 Å². The Kier molecular flexibility index (Phi) is 6.51. The molecule has 30 heavy (non-hydrogen) atoms. The first-order valence-corrected chi connectivity index (χ1v) is 9.65. The minimum absolute atomic E-state index is 0.383. The second-order valence-electron chi connectivity index (χ2n) is 7.15. The summed E-state index contributed by atoms with van der Waals surface area (Å²) in [7, 11) is 0. The van der Waals surface area contributed by atoms with Gasteiger partial charge in [0.1, 0.15) is 17.4 Å². The van der Waals surface area contributed by atoms with E-state index in [1.165, 1.54) is 6.92 Å². The third kappa shape index (κ3) is 5.26. The fourth-order valence-corrected chi connectivity index (χ4v) is 2.96. The van der Waals surface area contributed by atoms with E-state index in [9.17, 15) is 14.4 Å². The molecule has 1 aromatic heterocycles. The Morgan fingerprint density at radius 2 is 1.77 bits per heavy atom. The molecule has 0 radical (unpaired) electrons. The molecule has 2 atom stereocenters. The van der Waals surface area contributed by atoms with E-state index in [2.05, 4.69) is 10.6 Å². The molecule has 0 spiro atoms. The number of carbonyl (C=O) groups is 3. The van der Waals surface area contributed by atoms with Gasteiger partial charge >= 0.3 is 5.97 Å². The van der Waals surface area contributed by atoms with Crippen LogP contribution >= 0.6 is 0 Å². The summed E-state index contributed by atoms with van der Waals surface area (Å²) in [4.78, 5) is 36.5. The molecular formula is C23H24N2O5. The van der Waals surface area contributed by atoms with E-state index < -0.39 is 24.5 Å². The molecule has 3 rings (SSSR count). The highest BCUT2D eigenvalue weighted by Crippen LogP contribution is 2.23. The molecule has 156 valence electrons. The van der Waals surface area contributed by atoms with Gasteiger partial charge in [0.2, 0.25) is 0 Å². The predicted octanol–water partition coefficient (Wildman–Crippen LogP) is 3.28. The minimum Gasteiger partial charge on any atom is -0.459 e. The smallest absolute Gasteiger partial charge is 0.328 e. The normalized spacial score (nSPS) is 12.8. The maximum atomic E-state index is 12.2. The van der Waals surface area contributed by atoms with Gasteiger partial charge in [0.15, 0.2) is 6.61 Å². The lowest BCUT2D eigenvalue weighted by Gasteiger charge is -2.15. The molecular weight excluding hydrogens is 384 g/mol. The number of ether oxygens (including phenoxy) is 1. The zero-order valence-corrected chi connectivity index (χ0v) is 17.1. The maximum Gasteiger partial charge on any atom is 0.328 e. The van der Waals surface area contributed by atoms with Crippen molar-refractivity contribution < 1.29 is 23.5 Å². The van der Waals surface area contributed by atoms with Gasteiger partial charge in [-0.15, -0.1) is 0 Å². The van der Waals surface area contributed by atoms with Crippen molar-refractivity contribution in [3.63, 3.8) is 0 Å². The van der Waals surface area contributed by atoms with E-state index >= 15 is 0 Å². The van der Waals surface area contributed by atoms with Gasteiger partial charge in [0.05, 0.1) is 6.04 Å². The van der Waals surface area contributed by atoms with Gasteiger partial charge in [-0.3, -0.25) is 9.59 Å². The van der Waals surface area contributed by atoms with Crippen molar-refractivity contribution in [3.05, 3.63) is 71.5 Å². The largest absolute Gasteiger partial charge is 0.459 e. The number of hydrogen-bond acceptors (Lipinski definition) is 5. The third-order valence-electron chi connectivity index (χ3n) is 4.58. The Labute approximate surface area is 174 Å². The van der Waals surface area contributed by atoms with Gasteiger partial charge in [-0.1, -0.05) is 35.9 Å². The molecule has 0 fully saturated rings. The Balaban J connectivity index is 1.47. The van der Waals surface area contributed by atoms with Crippen LogP contribution in [-0.2, 0) is 14.3 Å². The number of esters is 1. The van der Waals surface area contributed by atoms with Crippen molar-refractivity contribution >= 4 is 28.8 Å². The molecule has 0 bridgehead atoms. The van der Waals surface area contributed by atoms with Crippen LogP contribution < -0.4 is 10.6 Å². The topological polar surface area (TPSA) is 97.6 Å². The molecule has 0 saturated heterocycles. The van der Waals surface area contributed by atoms with Crippen molar-refractivity contribution in [2.45, 2.75) is 32.9 Å². The number of fused-ring (bicyclic) bond motifs is 1. The molecule has 0 saturated carbocycles. The average Bonchev–Trinajstić information content (AvgIpc) is 3.16.